The van der Waals surface area contributed by atoms with Gasteiger partial charge in [0.25, 0.3) is 0 Å². The zero-order chi connectivity index (χ0) is 44.4. The van der Waals surface area contributed by atoms with Crippen LogP contribution in [0, 0.1) is 0 Å². The largest absolute Gasteiger partial charge is 0.309 e. The zero-order valence-corrected chi connectivity index (χ0v) is 37.1. The number of para-hydroxylation sites is 3. The molecule has 3 heterocycles. The molecule has 314 valence electrons. The second-order valence-electron chi connectivity index (χ2n) is 18.6. The normalized spacial score (nSPS) is 13.0. The summed E-state index contributed by atoms with van der Waals surface area (Å²) < 4.78 is 4.77. The lowest BCUT2D eigenvalue weighted by Gasteiger charge is -2.21. The maximum absolute atomic E-state index is 5.54. The molecule has 0 fully saturated rings. The Labute approximate surface area is 387 Å². The monoisotopic (exact) mass is 854 g/mol. The van der Waals surface area contributed by atoms with Gasteiger partial charge in [-0.1, -0.05) is 159 Å². The van der Waals surface area contributed by atoms with Gasteiger partial charge >= 0.3 is 0 Å². The molecular formula is C63H42N4. The fourth-order valence-electron chi connectivity index (χ4n) is 11.3. The number of hydrogen-bond acceptors (Lipinski definition) is 2. The predicted molar refractivity (Wildman–Crippen MR) is 280 cm³/mol. The third-order valence-electron chi connectivity index (χ3n) is 14.5. The molecule has 14 rings (SSSR count). The van der Waals surface area contributed by atoms with Crippen molar-refractivity contribution in [2.24, 2.45) is 0 Å². The molecule has 0 aliphatic heterocycles. The lowest BCUT2D eigenvalue weighted by atomic mass is 9.82. The van der Waals surface area contributed by atoms with Gasteiger partial charge in [-0.3, -0.25) is 0 Å². The molecule has 67 heavy (non-hydrogen) atoms. The van der Waals surface area contributed by atoms with E-state index in [-0.39, 0.29) is 5.41 Å². The van der Waals surface area contributed by atoms with E-state index >= 15 is 0 Å². The van der Waals surface area contributed by atoms with Crippen molar-refractivity contribution in [2.75, 3.05) is 0 Å². The molecule has 1 aliphatic carbocycles. The summed E-state index contributed by atoms with van der Waals surface area (Å²) in [6.07, 6.45) is 0. The molecule has 0 saturated heterocycles. The first-order valence-corrected chi connectivity index (χ1v) is 23.2. The first-order chi connectivity index (χ1) is 33.0. The Morgan fingerprint density at radius 1 is 0.358 bits per heavy atom. The average molecular weight is 855 g/mol. The Morgan fingerprint density at radius 3 is 1.69 bits per heavy atom. The summed E-state index contributed by atoms with van der Waals surface area (Å²) in [6.45, 7) is 4.66. The van der Waals surface area contributed by atoms with Gasteiger partial charge in [0.2, 0.25) is 0 Å². The van der Waals surface area contributed by atoms with Gasteiger partial charge in [-0.15, -0.1) is 0 Å². The number of nitrogens with zero attached hydrogens (tertiary/aromatic N) is 4. The number of benzene rings is 10. The smallest absolute Gasteiger partial charge is 0.160 e. The third-order valence-corrected chi connectivity index (χ3v) is 14.5. The van der Waals surface area contributed by atoms with E-state index in [2.05, 4.69) is 241 Å². The Bertz CT molecular complexity index is 4190. The van der Waals surface area contributed by atoms with Crippen LogP contribution < -0.4 is 0 Å². The van der Waals surface area contributed by atoms with Gasteiger partial charge in [0.1, 0.15) is 0 Å². The van der Waals surface area contributed by atoms with Gasteiger partial charge in [-0.05, 0) is 117 Å². The molecule has 0 amide bonds. The highest BCUT2D eigenvalue weighted by molar-refractivity contribution is 6.14. The van der Waals surface area contributed by atoms with Gasteiger partial charge in [-0.25, -0.2) is 9.97 Å². The molecule has 10 aromatic carbocycles. The van der Waals surface area contributed by atoms with Crippen LogP contribution in [0.4, 0.5) is 0 Å². The first kappa shape index (κ1) is 37.7. The fraction of sp³-hybridized carbons (Fsp3) is 0.0476. The van der Waals surface area contributed by atoms with Gasteiger partial charge < -0.3 is 9.13 Å². The molecule has 3 aromatic heterocycles. The van der Waals surface area contributed by atoms with Crippen molar-refractivity contribution < 1.29 is 0 Å². The van der Waals surface area contributed by atoms with E-state index in [4.69, 9.17) is 9.97 Å². The number of aromatic nitrogens is 4. The highest BCUT2D eigenvalue weighted by Crippen LogP contribution is 2.50. The van der Waals surface area contributed by atoms with Gasteiger partial charge in [-0.2, -0.15) is 0 Å². The second kappa shape index (κ2) is 14.2. The van der Waals surface area contributed by atoms with Gasteiger partial charge in [0.05, 0.1) is 33.3 Å². The highest BCUT2D eigenvalue weighted by atomic mass is 15.0. The van der Waals surface area contributed by atoms with Crippen molar-refractivity contribution in [3.63, 3.8) is 0 Å². The SMILES string of the molecule is CC1(C)c2ccccc2-c2cc(-c3nc(-c4cccc(-n5c6ccccc6c6cc(-c7ccc8c(c7)c7ccccc7n8-c7ccccc7)ccc65)c4)nc4ccc5ccccc5c34)ccc21. The molecule has 0 bridgehead atoms. The number of hydrogen-bond donors (Lipinski definition) is 0. The van der Waals surface area contributed by atoms with Crippen molar-refractivity contribution in [2.45, 2.75) is 19.3 Å². The molecule has 0 saturated carbocycles. The maximum atomic E-state index is 5.54. The van der Waals surface area contributed by atoms with Crippen LogP contribution in [-0.2, 0) is 5.41 Å². The third kappa shape index (κ3) is 5.60. The minimum absolute atomic E-state index is 0.0787. The lowest BCUT2D eigenvalue weighted by Crippen LogP contribution is -2.14. The first-order valence-electron chi connectivity index (χ1n) is 23.2. The van der Waals surface area contributed by atoms with Crippen LogP contribution in [0.25, 0.3) is 122 Å². The molecule has 0 unspecified atom stereocenters. The zero-order valence-electron chi connectivity index (χ0n) is 37.1. The maximum Gasteiger partial charge on any atom is 0.160 e. The van der Waals surface area contributed by atoms with Crippen molar-refractivity contribution in [1.82, 2.24) is 19.1 Å². The number of fused-ring (bicyclic) bond motifs is 12. The standard InChI is InChI=1S/C63H42N4/c1-63(2)53-24-11-8-21-47(53)50-38-42(27-31-54(50)63)61-60-46-20-7-6-15-39(46)28-32-55(60)64-62(65-61)43-16-14-19-45(35-43)67-57-26-13-10-23-49(57)52-37-41(30-34-59(52)67)40-29-33-58-51(36-40)48-22-9-12-25-56(48)66(58)44-17-4-3-5-18-44/h3-38H,1-2H3. The minimum Gasteiger partial charge on any atom is -0.309 e. The van der Waals surface area contributed by atoms with E-state index in [9.17, 15) is 0 Å². The molecule has 4 heteroatoms. The van der Waals surface area contributed by atoms with Crippen LogP contribution in [0.5, 0.6) is 0 Å². The van der Waals surface area contributed by atoms with Crippen LogP contribution in [0.1, 0.15) is 25.0 Å². The highest BCUT2D eigenvalue weighted by Gasteiger charge is 2.35. The molecule has 0 spiro atoms. The van der Waals surface area contributed by atoms with Crippen molar-refractivity contribution in [1.29, 1.82) is 0 Å². The van der Waals surface area contributed by atoms with E-state index in [0.717, 1.165) is 55.5 Å². The topological polar surface area (TPSA) is 35.6 Å². The second-order valence-corrected chi connectivity index (χ2v) is 18.6. The molecule has 4 nitrogen and oxygen atoms in total. The van der Waals surface area contributed by atoms with Crippen LogP contribution in [-0.4, -0.2) is 19.1 Å². The summed E-state index contributed by atoms with van der Waals surface area (Å²) in [5.74, 6) is 0.702. The van der Waals surface area contributed by atoms with Crippen LogP contribution in [0.3, 0.4) is 0 Å². The Morgan fingerprint density at radius 2 is 0.940 bits per heavy atom. The van der Waals surface area contributed by atoms with Crippen LogP contribution in [0.15, 0.2) is 218 Å². The van der Waals surface area contributed by atoms with Crippen molar-refractivity contribution in [3.05, 3.63) is 230 Å². The predicted octanol–water partition coefficient (Wildman–Crippen LogP) is 16.3. The molecular weight excluding hydrogens is 813 g/mol. The summed E-state index contributed by atoms with van der Waals surface area (Å²) in [5.41, 5.74) is 18.4. The Hall–Kier alpha value is -8.60. The number of rotatable bonds is 5. The van der Waals surface area contributed by atoms with E-state index in [1.807, 2.05) is 0 Å². The van der Waals surface area contributed by atoms with Crippen LogP contribution >= 0.6 is 0 Å². The van der Waals surface area contributed by atoms with Crippen molar-refractivity contribution >= 4 is 65.3 Å². The Kier molecular flexibility index (Phi) is 8.00. The molecule has 13 aromatic rings. The summed E-state index contributed by atoms with van der Waals surface area (Å²) in [4.78, 5) is 10.9. The van der Waals surface area contributed by atoms with E-state index < -0.39 is 0 Å². The fourth-order valence-corrected chi connectivity index (χ4v) is 11.3. The summed E-state index contributed by atoms with van der Waals surface area (Å²) in [5, 5.41) is 8.32. The van der Waals surface area contributed by atoms with E-state index in [0.29, 0.717) is 5.82 Å². The summed E-state index contributed by atoms with van der Waals surface area (Å²) in [7, 11) is 0. The molecule has 0 atom stereocenters. The van der Waals surface area contributed by atoms with Crippen molar-refractivity contribution in [3.8, 4) is 56.3 Å². The quantitative estimate of drug-likeness (QED) is 0.162. The van der Waals surface area contributed by atoms with E-state index in [1.54, 1.807) is 0 Å². The minimum atomic E-state index is -0.0787. The lowest BCUT2D eigenvalue weighted by molar-refractivity contribution is 0.660. The van der Waals surface area contributed by atoms with E-state index in [1.165, 1.54) is 71.3 Å². The Balaban J connectivity index is 0.915. The average Bonchev–Trinajstić information content (AvgIpc) is 3.98. The molecule has 1 aliphatic rings. The summed E-state index contributed by atoms with van der Waals surface area (Å²) >= 11 is 0. The molecule has 0 N–H and O–H groups in total. The van der Waals surface area contributed by atoms with Gasteiger partial charge in [0, 0.05) is 54.8 Å². The van der Waals surface area contributed by atoms with Crippen LogP contribution in [0.2, 0.25) is 0 Å². The van der Waals surface area contributed by atoms with Gasteiger partial charge in [0.15, 0.2) is 5.82 Å². The molecule has 0 radical (unpaired) electrons. The summed E-state index contributed by atoms with van der Waals surface area (Å²) in [6, 6.07) is 79.5.